The highest BCUT2D eigenvalue weighted by Crippen LogP contribution is 2.34. The molecular formula is C20H27N7O7S2. The van der Waals surface area contributed by atoms with E-state index < -0.39 is 22.8 Å². The number of thiophene rings is 1. The zero-order valence-electron chi connectivity index (χ0n) is 20.5. The van der Waals surface area contributed by atoms with Gasteiger partial charge in [0.2, 0.25) is 0 Å². The highest BCUT2D eigenvalue weighted by atomic mass is 32.1. The van der Waals surface area contributed by atoms with Gasteiger partial charge in [-0.3, -0.25) is 30.6 Å². The molecule has 16 heteroatoms. The monoisotopic (exact) mass is 541 g/mol. The molecule has 0 saturated carbocycles. The molecule has 1 atom stereocenters. The molecule has 0 spiro atoms. The Morgan fingerprint density at radius 1 is 1.28 bits per heavy atom. The summed E-state index contributed by atoms with van der Waals surface area (Å²) in [6, 6.07) is -0.962. The molecule has 0 fully saturated rings. The number of esters is 1. The smallest absolute Gasteiger partial charge is 0.350 e. The van der Waals surface area contributed by atoms with Crippen molar-refractivity contribution in [3.05, 3.63) is 32.3 Å². The van der Waals surface area contributed by atoms with Crippen LogP contribution in [-0.4, -0.2) is 69.8 Å². The van der Waals surface area contributed by atoms with E-state index in [0.717, 1.165) is 22.2 Å². The number of aromatic nitrogens is 2. The van der Waals surface area contributed by atoms with E-state index in [9.17, 15) is 24.5 Å². The van der Waals surface area contributed by atoms with Gasteiger partial charge in [-0.25, -0.2) is 9.48 Å². The number of amides is 2. The van der Waals surface area contributed by atoms with E-state index in [1.54, 1.807) is 11.8 Å². The Morgan fingerprint density at radius 2 is 1.92 bits per heavy atom. The van der Waals surface area contributed by atoms with Crippen molar-refractivity contribution in [2.45, 2.75) is 33.7 Å². The van der Waals surface area contributed by atoms with E-state index in [4.69, 9.17) is 21.7 Å². The maximum absolute atomic E-state index is 12.9. The minimum atomic E-state index is -0.962. The van der Waals surface area contributed by atoms with Gasteiger partial charge in [-0.1, -0.05) is 0 Å². The summed E-state index contributed by atoms with van der Waals surface area (Å²) in [4.78, 5) is 50.2. The summed E-state index contributed by atoms with van der Waals surface area (Å²) < 4.78 is 10.8. The van der Waals surface area contributed by atoms with E-state index in [-0.39, 0.29) is 33.2 Å². The number of anilines is 1. The second-order valence-corrected chi connectivity index (χ2v) is 8.66. The van der Waals surface area contributed by atoms with E-state index in [1.807, 2.05) is 13.8 Å². The van der Waals surface area contributed by atoms with Crippen molar-refractivity contribution in [1.82, 2.24) is 25.5 Å². The summed E-state index contributed by atoms with van der Waals surface area (Å²) in [5.41, 5.74) is 5.08. The third-order valence-corrected chi connectivity index (χ3v) is 6.55. The van der Waals surface area contributed by atoms with Gasteiger partial charge in [-0.2, -0.15) is 0 Å². The molecular weight excluding hydrogens is 514 g/mol. The van der Waals surface area contributed by atoms with E-state index in [1.165, 1.54) is 21.1 Å². The first-order valence-electron chi connectivity index (χ1n) is 10.7. The molecule has 2 amide bonds. The van der Waals surface area contributed by atoms with E-state index in [2.05, 4.69) is 21.3 Å². The molecule has 0 aliphatic rings. The second kappa shape index (κ2) is 12.3. The first kappa shape index (κ1) is 28.4. The minimum Gasteiger partial charge on any atom is -0.475 e. The Hall–Kier alpha value is -3.79. The average molecular weight is 542 g/mol. The van der Waals surface area contributed by atoms with Gasteiger partial charge < -0.3 is 19.7 Å². The number of thiocarbonyl (C=S) groups is 1. The van der Waals surface area contributed by atoms with Crippen LogP contribution in [0.1, 0.15) is 52.4 Å². The van der Waals surface area contributed by atoms with Crippen LogP contribution in [-0.2, 0) is 9.53 Å². The number of hydrazine groups is 1. The molecule has 0 aromatic carbocycles. The number of carbonyl (C=O) groups is 3. The highest BCUT2D eigenvalue weighted by Gasteiger charge is 2.28. The third-order valence-electron chi connectivity index (χ3n) is 5.15. The Kier molecular flexibility index (Phi) is 9.68. The molecule has 3 N–H and O–H groups in total. The lowest BCUT2D eigenvalue weighted by Crippen LogP contribution is -2.46. The molecule has 2 aromatic heterocycles. The first-order chi connectivity index (χ1) is 17.0. The summed E-state index contributed by atoms with van der Waals surface area (Å²) in [5, 5.41) is 18.0. The fourth-order valence-electron chi connectivity index (χ4n) is 3.12. The fraction of sp³-hybridized carbons (Fsp3) is 0.450. The van der Waals surface area contributed by atoms with Crippen LogP contribution in [0.15, 0.2) is 6.20 Å². The number of nitro groups is 1. The van der Waals surface area contributed by atoms with Gasteiger partial charge in [0.25, 0.3) is 11.8 Å². The lowest BCUT2D eigenvalue weighted by atomic mass is 10.1. The molecule has 0 saturated heterocycles. The zero-order valence-corrected chi connectivity index (χ0v) is 22.2. The van der Waals surface area contributed by atoms with Crippen LogP contribution in [0.5, 0.6) is 5.88 Å². The van der Waals surface area contributed by atoms with Crippen molar-refractivity contribution >= 4 is 57.1 Å². The molecule has 0 aliphatic carbocycles. The maximum Gasteiger partial charge on any atom is 0.350 e. The number of nitrogens with one attached hydrogen (secondary N) is 3. The standard InChI is InChI=1S/C20H27N7O7S2/c1-7-25(8-2)18(29)14-10(3)13(19(30)34-6)17(36-14)21-20(35)23-22-15(28)11(4)26-9-12(27(31)32)16(24-26)33-5/h9,11H,7-8H2,1-6H3,(H,22,28)(H2,21,23,35)/t11-/m1/s1. The minimum absolute atomic E-state index is 0.0761. The molecule has 0 bridgehead atoms. The maximum atomic E-state index is 12.9. The molecule has 2 heterocycles. The quantitative estimate of drug-likeness (QED) is 0.184. The van der Waals surface area contributed by atoms with Crippen LogP contribution in [0, 0.1) is 17.0 Å². The van der Waals surface area contributed by atoms with Gasteiger partial charge in [-0.05, 0) is 45.5 Å². The van der Waals surface area contributed by atoms with E-state index >= 15 is 0 Å². The Bertz CT molecular complexity index is 1170. The Labute approximate surface area is 216 Å². The van der Waals surface area contributed by atoms with Crippen LogP contribution in [0.3, 0.4) is 0 Å². The largest absolute Gasteiger partial charge is 0.475 e. The molecule has 0 radical (unpaired) electrons. The summed E-state index contributed by atoms with van der Waals surface area (Å²) in [6.45, 7) is 7.81. The van der Waals surface area contributed by atoms with Gasteiger partial charge in [0, 0.05) is 13.1 Å². The molecule has 2 rings (SSSR count). The summed E-state index contributed by atoms with van der Waals surface area (Å²) in [5.74, 6) is -1.74. The number of ether oxygens (including phenoxy) is 2. The number of rotatable bonds is 9. The lowest BCUT2D eigenvalue weighted by Gasteiger charge is -2.18. The predicted octanol–water partition coefficient (Wildman–Crippen LogP) is 2.02. The van der Waals surface area contributed by atoms with Crippen molar-refractivity contribution in [2.24, 2.45) is 0 Å². The van der Waals surface area contributed by atoms with Gasteiger partial charge in [0.15, 0.2) is 5.11 Å². The number of hydrogen-bond acceptors (Lipinski definition) is 10. The Balaban J connectivity index is 2.16. The molecule has 0 unspecified atom stereocenters. The number of methoxy groups -OCH3 is 2. The molecule has 0 aliphatic heterocycles. The van der Waals surface area contributed by atoms with Crippen LogP contribution in [0.4, 0.5) is 10.7 Å². The molecule has 196 valence electrons. The molecule has 14 nitrogen and oxygen atoms in total. The topological polar surface area (TPSA) is 170 Å². The van der Waals surface area contributed by atoms with Crippen molar-refractivity contribution in [2.75, 3.05) is 32.6 Å². The van der Waals surface area contributed by atoms with Crippen molar-refractivity contribution in [3.8, 4) is 5.88 Å². The van der Waals surface area contributed by atoms with Crippen molar-refractivity contribution < 1.29 is 28.8 Å². The van der Waals surface area contributed by atoms with Crippen molar-refractivity contribution in [3.63, 3.8) is 0 Å². The number of carbonyl (C=O) groups excluding carboxylic acids is 3. The third kappa shape index (κ3) is 6.06. The summed E-state index contributed by atoms with van der Waals surface area (Å²) in [7, 11) is 2.45. The van der Waals surface area contributed by atoms with Gasteiger partial charge in [0.1, 0.15) is 17.2 Å². The lowest BCUT2D eigenvalue weighted by molar-refractivity contribution is -0.385. The summed E-state index contributed by atoms with van der Waals surface area (Å²) in [6.07, 6.45) is 1.07. The van der Waals surface area contributed by atoms with Crippen LogP contribution >= 0.6 is 23.6 Å². The highest BCUT2D eigenvalue weighted by molar-refractivity contribution is 7.80. The van der Waals surface area contributed by atoms with Gasteiger partial charge >= 0.3 is 17.5 Å². The molecule has 36 heavy (non-hydrogen) atoms. The second-order valence-electron chi connectivity index (χ2n) is 7.23. The van der Waals surface area contributed by atoms with Crippen LogP contribution in [0.2, 0.25) is 0 Å². The predicted molar refractivity (Wildman–Crippen MR) is 135 cm³/mol. The first-order valence-corrected chi connectivity index (χ1v) is 11.9. The zero-order chi connectivity index (χ0) is 27.2. The van der Waals surface area contributed by atoms with Crippen LogP contribution in [0.25, 0.3) is 0 Å². The average Bonchev–Trinajstić information content (AvgIpc) is 3.43. The normalized spacial score (nSPS) is 11.3. The number of nitrogens with zero attached hydrogens (tertiary/aromatic N) is 4. The number of hydrogen-bond donors (Lipinski definition) is 3. The molecule has 2 aromatic rings. The SMILES string of the molecule is CCN(CC)C(=O)c1sc(NC(=S)NNC(=O)[C@@H](C)n2cc([N+](=O)[O-])c(OC)n2)c(C(=O)OC)c1C. The van der Waals surface area contributed by atoms with E-state index in [0.29, 0.717) is 23.5 Å². The van der Waals surface area contributed by atoms with Gasteiger partial charge in [0.05, 0.1) is 29.6 Å². The van der Waals surface area contributed by atoms with Gasteiger partial charge in [-0.15, -0.1) is 16.4 Å². The van der Waals surface area contributed by atoms with Crippen molar-refractivity contribution in [1.29, 1.82) is 0 Å². The van der Waals surface area contributed by atoms with Crippen LogP contribution < -0.4 is 20.9 Å². The Morgan fingerprint density at radius 3 is 2.42 bits per heavy atom. The summed E-state index contributed by atoms with van der Waals surface area (Å²) >= 11 is 6.26. The fourth-order valence-corrected chi connectivity index (χ4v) is 4.50.